The van der Waals surface area contributed by atoms with Gasteiger partial charge in [0.1, 0.15) is 31.9 Å². The van der Waals surface area contributed by atoms with E-state index >= 15 is 0 Å². The van der Waals surface area contributed by atoms with Gasteiger partial charge in [0.15, 0.2) is 0 Å². The summed E-state index contributed by atoms with van der Waals surface area (Å²) in [6, 6.07) is 4.24. The highest BCUT2D eigenvalue weighted by atomic mass is 35.5. The molecule has 6 nitrogen and oxygen atoms in total. The number of anilines is 1. The van der Waals surface area contributed by atoms with E-state index < -0.39 is 0 Å². The molecule has 2 aromatic heterocycles. The molecule has 140 valence electrons. The number of nitrogens with zero attached hydrogens (tertiary/aromatic N) is 3. The second-order valence-corrected chi connectivity index (χ2v) is 6.93. The monoisotopic (exact) mass is 388 g/mol. The lowest BCUT2D eigenvalue weighted by Crippen LogP contribution is -3.00. The number of rotatable bonds is 4. The minimum Gasteiger partial charge on any atom is -1.00 e. The molecule has 2 aliphatic rings. The third kappa shape index (κ3) is 3.82. The number of likely N-dealkylation sites (N-methyl/N-ethyl adjacent to an activating group) is 1. The number of morpholine rings is 1. The van der Waals surface area contributed by atoms with Crippen LogP contribution in [0.5, 0.6) is 5.88 Å². The number of nitrogens with two attached hydrogens (primary N) is 1. The molecule has 0 bridgehead atoms. The molecule has 1 aliphatic heterocycles. The Bertz CT molecular complexity index is 729. The van der Waals surface area contributed by atoms with Crippen molar-refractivity contribution < 1.29 is 26.4 Å². The predicted octanol–water partition coefficient (Wildman–Crippen LogP) is -1.31. The fourth-order valence-electron chi connectivity index (χ4n) is 3.62. The first-order valence-electron chi connectivity index (χ1n) is 8.49. The lowest BCUT2D eigenvalue weighted by Gasteiger charge is -2.37. The summed E-state index contributed by atoms with van der Waals surface area (Å²) in [5, 5.41) is 4.63. The van der Waals surface area contributed by atoms with E-state index in [1.807, 2.05) is 4.52 Å². The summed E-state index contributed by atoms with van der Waals surface area (Å²) in [5.74, 6) is 0.574. The van der Waals surface area contributed by atoms with Gasteiger partial charge in [0, 0.05) is 5.69 Å². The van der Waals surface area contributed by atoms with Gasteiger partial charge in [-0.3, -0.25) is 0 Å². The van der Waals surface area contributed by atoms with Gasteiger partial charge in [-0.25, -0.2) is 4.52 Å². The van der Waals surface area contributed by atoms with Crippen LogP contribution >= 0.6 is 12.4 Å². The van der Waals surface area contributed by atoms with Crippen LogP contribution in [0, 0.1) is 0 Å². The molecule has 2 N–H and O–H groups in total. The number of hydrogen-bond acceptors (Lipinski definition) is 4. The Balaban J connectivity index is 0.00000113. The molecule has 0 aromatic carbocycles. The maximum Gasteiger partial charge on any atom is 0.257 e. The molecule has 3 heterocycles. The van der Waals surface area contributed by atoms with Crippen molar-refractivity contribution in [3.8, 4) is 5.88 Å². The van der Waals surface area contributed by atoms with Gasteiger partial charge >= 0.3 is 0 Å². The Labute approximate surface area is 160 Å². The van der Waals surface area contributed by atoms with Gasteiger partial charge < -0.3 is 32.1 Å². The Kier molecular flexibility index (Phi) is 6.43. The van der Waals surface area contributed by atoms with Crippen molar-refractivity contribution in [1.82, 2.24) is 9.61 Å². The van der Waals surface area contributed by atoms with Crippen molar-refractivity contribution in [3.05, 3.63) is 23.4 Å². The summed E-state index contributed by atoms with van der Waals surface area (Å²) in [7, 11) is 2.26. The quantitative estimate of drug-likeness (QED) is 0.660. The standard InChI is InChI=1S/C17H25N4O2.2ClH/c1-21(7-10-22-11-8-21)9-12-23-17-16(18)15-6-5-13-3-2-4-14(13)20(15)19-17;;/h5-6H,2-4,7-12,18H2,1H3;2*1H/q+1;;/p-1. The van der Waals surface area contributed by atoms with Crippen LogP contribution in [0.4, 0.5) is 5.69 Å². The fourth-order valence-corrected chi connectivity index (χ4v) is 3.62. The van der Waals surface area contributed by atoms with Gasteiger partial charge in [0.25, 0.3) is 5.88 Å². The molecule has 8 heteroatoms. The highest BCUT2D eigenvalue weighted by Crippen LogP contribution is 2.30. The molecule has 0 amide bonds. The maximum absolute atomic E-state index is 6.25. The highest BCUT2D eigenvalue weighted by Gasteiger charge is 2.25. The number of halogens is 2. The number of nitrogen functional groups attached to an aromatic ring is 1. The van der Waals surface area contributed by atoms with E-state index in [9.17, 15) is 0 Å². The summed E-state index contributed by atoms with van der Waals surface area (Å²) in [5.41, 5.74) is 10.5. The van der Waals surface area contributed by atoms with E-state index in [1.54, 1.807) is 0 Å². The molecule has 1 aliphatic carbocycles. The molecule has 4 rings (SSSR count). The molecule has 1 saturated heterocycles. The number of hydrogen-bond donors (Lipinski definition) is 1. The van der Waals surface area contributed by atoms with Crippen LogP contribution in [-0.2, 0) is 17.6 Å². The summed E-state index contributed by atoms with van der Waals surface area (Å²) >= 11 is 0. The topological polar surface area (TPSA) is 61.8 Å². The zero-order valence-electron chi connectivity index (χ0n) is 14.5. The maximum atomic E-state index is 6.25. The van der Waals surface area contributed by atoms with Crippen LogP contribution in [-0.4, -0.2) is 60.6 Å². The smallest absolute Gasteiger partial charge is 0.257 e. The van der Waals surface area contributed by atoms with Crippen LogP contribution in [0.3, 0.4) is 0 Å². The third-order valence-corrected chi connectivity index (χ3v) is 5.27. The Morgan fingerprint density at radius 2 is 2.04 bits per heavy atom. The van der Waals surface area contributed by atoms with E-state index in [4.69, 9.17) is 15.2 Å². The average molecular weight is 389 g/mol. The molecular weight excluding hydrogens is 363 g/mol. The normalized spacial score (nSPS) is 18.3. The molecule has 0 unspecified atom stereocenters. The average Bonchev–Trinajstić information content (AvgIpc) is 3.13. The van der Waals surface area contributed by atoms with Crippen molar-refractivity contribution in [2.45, 2.75) is 19.3 Å². The van der Waals surface area contributed by atoms with Crippen LogP contribution in [0.1, 0.15) is 17.7 Å². The Morgan fingerprint density at radius 3 is 2.80 bits per heavy atom. The van der Waals surface area contributed by atoms with Gasteiger partial charge in [-0.1, -0.05) is 6.07 Å². The van der Waals surface area contributed by atoms with E-state index in [0.29, 0.717) is 18.2 Å². The SMILES string of the molecule is C[N+]1(CCOc2nn3c4c(ccc3c2N)CCC4)CCOCC1.Cl.[Cl-]. The first-order chi connectivity index (χ1) is 11.2. The molecule has 0 spiro atoms. The summed E-state index contributed by atoms with van der Waals surface area (Å²) in [6.45, 7) is 5.33. The number of aromatic nitrogens is 2. The second-order valence-electron chi connectivity index (χ2n) is 6.93. The van der Waals surface area contributed by atoms with E-state index in [0.717, 1.165) is 55.7 Å². The van der Waals surface area contributed by atoms with Crippen molar-refractivity contribution >= 4 is 23.6 Å². The molecule has 25 heavy (non-hydrogen) atoms. The lowest BCUT2D eigenvalue weighted by molar-refractivity contribution is -0.916. The molecule has 1 fully saturated rings. The first-order valence-corrected chi connectivity index (χ1v) is 8.49. The van der Waals surface area contributed by atoms with Gasteiger partial charge in [0.05, 0.1) is 25.8 Å². The van der Waals surface area contributed by atoms with Crippen molar-refractivity contribution in [2.24, 2.45) is 0 Å². The van der Waals surface area contributed by atoms with E-state index in [-0.39, 0.29) is 24.8 Å². The van der Waals surface area contributed by atoms with Gasteiger partial charge in [-0.2, -0.15) is 0 Å². The zero-order valence-corrected chi connectivity index (χ0v) is 16.1. The number of quaternary nitrogens is 1. The Morgan fingerprint density at radius 1 is 1.28 bits per heavy atom. The second kappa shape index (κ2) is 7.99. The van der Waals surface area contributed by atoms with Crippen LogP contribution in [0.15, 0.2) is 12.1 Å². The summed E-state index contributed by atoms with van der Waals surface area (Å²) < 4.78 is 14.3. The van der Waals surface area contributed by atoms with Crippen molar-refractivity contribution in [3.63, 3.8) is 0 Å². The largest absolute Gasteiger partial charge is 1.00 e. The van der Waals surface area contributed by atoms with Crippen LogP contribution in [0.25, 0.3) is 5.52 Å². The van der Waals surface area contributed by atoms with Gasteiger partial charge in [-0.15, -0.1) is 17.5 Å². The zero-order chi connectivity index (χ0) is 15.9. The number of ether oxygens (including phenoxy) is 2. The highest BCUT2D eigenvalue weighted by molar-refractivity contribution is 5.85. The number of fused-ring (bicyclic) bond motifs is 3. The first kappa shape index (κ1) is 20.1. The van der Waals surface area contributed by atoms with Crippen LogP contribution < -0.4 is 22.9 Å². The number of pyridine rings is 1. The molecule has 0 radical (unpaired) electrons. The molecule has 2 aromatic rings. The predicted molar refractivity (Wildman–Crippen MR) is 96.0 cm³/mol. The summed E-state index contributed by atoms with van der Waals surface area (Å²) in [6.07, 6.45) is 3.41. The lowest BCUT2D eigenvalue weighted by atomic mass is 10.2. The van der Waals surface area contributed by atoms with E-state index in [2.05, 4.69) is 24.3 Å². The molecular formula is C17H26Cl2N4O2. The van der Waals surface area contributed by atoms with Crippen molar-refractivity contribution in [2.75, 3.05) is 52.2 Å². The molecule has 0 atom stereocenters. The number of aryl methyl sites for hydroxylation is 2. The van der Waals surface area contributed by atoms with Crippen LogP contribution in [0.2, 0.25) is 0 Å². The Hall–Kier alpha value is -1.21. The van der Waals surface area contributed by atoms with E-state index in [1.165, 1.54) is 17.7 Å². The third-order valence-electron chi connectivity index (χ3n) is 5.27. The minimum absolute atomic E-state index is 0. The summed E-state index contributed by atoms with van der Waals surface area (Å²) in [4.78, 5) is 0. The van der Waals surface area contributed by atoms with Gasteiger partial charge in [-0.05, 0) is 30.9 Å². The molecule has 0 saturated carbocycles. The fraction of sp³-hybridized carbons (Fsp3) is 0.588. The minimum atomic E-state index is 0. The van der Waals surface area contributed by atoms with Crippen molar-refractivity contribution in [1.29, 1.82) is 0 Å². The van der Waals surface area contributed by atoms with Gasteiger partial charge in [0.2, 0.25) is 0 Å².